The van der Waals surface area contributed by atoms with Crippen LogP contribution in [0.5, 0.6) is 0 Å². The first-order chi connectivity index (χ1) is 18.7. The third-order valence-electron chi connectivity index (χ3n) is 7.09. The van der Waals surface area contributed by atoms with Gasteiger partial charge in [-0.25, -0.2) is 0 Å². The molecule has 4 rings (SSSR count). The second kappa shape index (κ2) is 12.5. The maximum absolute atomic E-state index is 13.6. The van der Waals surface area contributed by atoms with Gasteiger partial charge >= 0.3 is 0 Å². The summed E-state index contributed by atoms with van der Waals surface area (Å²) < 4.78 is 0. The topological polar surface area (TPSA) is 92.3 Å². The molecule has 0 saturated carbocycles. The number of hydrogen-bond acceptors (Lipinski definition) is 4. The molecular weight excluding hydrogens is 488 g/mol. The largest absolute Gasteiger partial charge is 0.352 e. The number of Topliss-reactive ketones (excluding diaryl/α,β-unsaturated/α-hetero) is 1. The van der Waals surface area contributed by atoms with Crippen LogP contribution in [0.25, 0.3) is 10.8 Å². The molecule has 0 radical (unpaired) electrons. The van der Waals surface area contributed by atoms with Gasteiger partial charge in [-0.15, -0.1) is 0 Å². The van der Waals surface area contributed by atoms with Crippen LogP contribution in [-0.2, 0) is 22.4 Å². The lowest BCUT2D eigenvalue weighted by molar-refractivity contribution is -0.115. The molecule has 0 aliphatic carbocycles. The zero-order valence-corrected chi connectivity index (χ0v) is 22.5. The number of rotatable bonds is 6. The van der Waals surface area contributed by atoms with E-state index in [-0.39, 0.29) is 41.4 Å². The van der Waals surface area contributed by atoms with Crippen LogP contribution in [0.1, 0.15) is 76.6 Å². The Hall–Kier alpha value is -4.32. The van der Waals surface area contributed by atoms with Crippen LogP contribution in [0.2, 0.25) is 0 Å². The number of nitrogens with one attached hydrogen (secondary N) is 2. The molecule has 0 fully saturated rings. The lowest BCUT2D eigenvalue weighted by atomic mass is 9.94. The molecule has 6 heteroatoms. The van der Waals surface area contributed by atoms with E-state index in [1.807, 2.05) is 19.1 Å². The minimum absolute atomic E-state index is 0.120. The van der Waals surface area contributed by atoms with E-state index in [9.17, 15) is 19.2 Å². The van der Waals surface area contributed by atoms with Crippen molar-refractivity contribution in [3.8, 4) is 0 Å². The molecule has 0 saturated heterocycles. The van der Waals surface area contributed by atoms with Crippen LogP contribution in [0.15, 0.2) is 78.9 Å². The van der Waals surface area contributed by atoms with Crippen molar-refractivity contribution in [3.05, 3.63) is 107 Å². The number of carbonyl (C=O) groups is 4. The number of aryl methyl sites for hydroxylation is 2. The number of hydrogen-bond donors (Lipinski definition) is 2. The van der Waals surface area contributed by atoms with Gasteiger partial charge in [-0.3, -0.25) is 19.2 Å². The van der Waals surface area contributed by atoms with Crippen molar-refractivity contribution in [1.82, 2.24) is 10.6 Å². The Bertz CT molecular complexity index is 1480. The average Bonchev–Trinajstić information content (AvgIpc) is 2.93. The van der Waals surface area contributed by atoms with E-state index in [0.29, 0.717) is 29.7 Å². The second-order valence-corrected chi connectivity index (χ2v) is 10.1. The van der Waals surface area contributed by atoms with Crippen molar-refractivity contribution in [2.45, 2.75) is 52.0 Å². The van der Waals surface area contributed by atoms with Crippen LogP contribution < -0.4 is 10.6 Å². The summed E-state index contributed by atoms with van der Waals surface area (Å²) in [5.74, 6) is -0.925. The van der Waals surface area contributed by atoms with Gasteiger partial charge in [-0.05, 0) is 91.3 Å². The van der Waals surface area contributed by atoms with E-state index >= 15 is 0 Å². The molecule has 2 N–H and O–H groups in total. The van der Waals surface area contributed by atoms with Gasteiger partial charge in [0.2, 0.25) is 0 Å². The van der Waals surface area contributed by atoms with Gasteiger partial charge in [0, 0.05) is 29.7 Å². The highest BCUT2D eigenvalue weighted by atomic mass is 16.2. The maximum atomic E-state index is 13.6. The fraction of sp³-hybridized carbons (Fsp3) is 0.273. The molecule has 3 aromatic carbocycles. The van der Waals surface area contributed by atoms with Gasteiger partial charge in [0.05, 0.1) is 6.04 Å². The first-order valence-corrected chi connectivity index (χ1v) is 13.4. The highest BCUT2D eigenvalue weighted by Crippen LogP contribution is 2.27. The molecule has 200 valence electrons. The van der Waals surface area contributed by atoms with Crippen LogP contribution >= 0.6 is 0 Å². The summed E-state index contributed by atoms with van der Waals surface area (Å²) in [5, 5.41) is 8.30. The minimum Gasteiger partial charge on any atom is -0.352 e. The minimum atomic E-state index is -0.310. The molecule has 1 atom stereocenters. The molecule has 1 aliphatic rings. The summed E-state index contributed by atoms with van der Waals surface area (Å²) >= 11 is 0. The molecule has 39 heavy (non-hydrogen) atoms. The Morgan fingerprint density at radius 3 is 2.62 bits per heavy atom. The third kappa shape index (κ3) is 6.96. The summed E-state index contributed by atoms with van der Waals surface area (Å²) in [6, 6.07) is 17.3. The standard InChI is InChI=1S/C33H34N2O4/c1-21(10-11-22(2)36)31(37)17-16-26-14-15-27-20-30(26)33(39)35-23(3)28-9-6-8-25-13-12-24(19-29(25)28)7-4-5-18-34-32(27)38/h6,8-15,19-20,23H,1,4-5,7,16-18H2,2-3H3,(H,34,38)(H,35,39)/b11-10+. The zero-order valence-electron chi connectivity index (χ0n) is 22.5. The van der Waals surface area contributed by atoms with Crippen molar-refractivity contribution in [3.63, 3.8) is 0 Å². The maximum Gasteiger partial charge on any atom is 0.252 e. The lowest BCUT2D eigenvalue weighted by Gasteiger charge is -2.19. The monoisotopic (exact) mass is 522 g/mol. The quantitative estimate of drug-likeness (QED) is 0.326. The Balaban J connectivity index is 1.65. The highest BCUT2D eigenvalue weighted by Gasteiger charge is 2.20. The van der Waals surface area contributed by atoms with Crippen LogP contribution in [-0.4, -0.2) is 29.9 Å². The number of allylic oxidation sites excluding steroid dienone is 3. The van der Waals surface area contributed by atoms with Gasteiger partial charge in [0.1, 0.15) is 0 Å². The molecule has 1 heterocycles. The van der Waals surface area contributed by atoms with Gasteiger partial charge in [-0.2, -0.15) is 0 Å². The molecule has 6 nitrogen and oxygen atoms in total. The number of carbonyl (C=O) groups excluding carboxylic acids is 4. The van der Waals surface area contributed by atoms with Crippen LogP contribution in [0.3, 0.4) is 0 Å². The first-order valence-electron chi connectivity index (χ1n) is 13.4. The summed E-state index contributed by atoms with van der Waals surface area (Å²) in [7, 11) is 0. The zero-order chi connectivity index (χ0) is 27.9. The summed E-state index contributed by atoms with van der Waals surface area (Å²) in [6.07, 6.45) is 5.84. The second-order valence-electron chi connectivity index (χ2n) is 10.1. The SMILES string of the molecule is C=C(/C=C/C(C)=O)C(=O)CCc1ccc2cc1C(=O)NC(C)c1cccc3ccc(cc13)CCCCNC2=O. The average molecular weight is 523 g/mol. The van der Waals surface area contributed by atoms with Crippen molar-refractivity contribution in [2.24, 2.45) is 0 Å². The molecule has 1 unspecified atom stereocenters. The van der Waals surface area contributed by atoms with E-state index in [0.717, 1.165) is 35.6 Å². The fourth-order valence-corrected chi connectivity index (χ4v) is 4.85. The molecule has 1 aliphatic heterocycles. The van der Waals surface area contributed by atoms with E-state index in [1.54, 1.807) is 18.2 Å². The van der Waals surface area contributed by atoms with Crippen molar-refractivity contribution >= 4 is 34.2 Å². The summed E-state index contributed by atoms with van der Waals surface area (Å²) in [6.45, 7) is 7.65. The number of fused-ring (bicyclic) bond motifs is 3. The smallest absolute Gasteiger partial charge is 0.252 e. The Kier molecular flexibility index (Phi) is 8.87. The van der Waals surface area contributed by atoms with Crippen LogP contribution in [0.4, 0.5) is 0 Å². The summed E-state index contributed by atoms with van der Waals surface area (Å²) in [4.78, 5) is 50.3. The Morgan fingerprint density at radius 2 is 1.82 bits per heavy atom. The Morgan fingerprint density at radius 1 is 1.00 bits per heavy atom. The number of amides is 2. The third-order valence-corrected chi connectivity index (χ3v) is 7.09. The van der Waals surface area contributed by atoms with Gasteiger partial charge in [0.25, 0.3) is 11.8 Å². The van der Waals surface area contributed by atoms with Gasteiger partial charge in [-0.1, -0.05) is 49.0 Å². The van der Waals surface area contributed by atoms with Crippen molar-refractivity contribution < 1.29 is 19.2 Å². The highest BCUT2D eigenvalue weighted by molar-refractivity contribution is 6.02. The molecule has 0 aromatic heterocycles. The van der Waals surface area contributed by atoms with E-state index in [4.69, 9.17) is 0 Å². The predicted octanol–water partition coefficient (Wildman–Crippen LogP) is 5.60. The van der Waals surface area contributed by atoms with E-state index < -0.39 is 0 Å². The first kappa shape index (κ1) is 27.7. The normalized spacial score (nSPS) is 16.2. The van der Waals surface area contributed by atoms with Gasteiger partial charge in [0.15, 0.2) is 11.6 Å². The number of ketones is 2. The van der Waals surface area contributed by atoms with Crippen molar-refractivity contribution in [1.29, 1.82) is 0 Å². The Labute approximate surface area is 229 Å². The molecular formula is C33H34N2O4. The number of benzene rings is 3. The van der Waals surface area contributed by atoms with Gasteiger partial charge < -0.3 is 10.6 Å². The molecule has 0 spiro atoms. The lowest BCUT2D eigenvalue weighted by Crippen LogP contribution is -2.29. The molecule has 2 amide bonds. The fourth-order valence-electron chi connectivity index (χ4n) is 4.85. The van der Waals surface area contributed by atoms with Crippen LogP contribution in [0, 0.1) is 0 Å². The van der Waals surface area contributed by atoms with Crippen molar-refractivity contribution in [2.75, 3.05) is 6.54 Å². The molecule has 4 bridgehead atoms. The van der Waals surface area contributed by atoms with E-state index in [1.165, 1.54) is 24.6 Å². The molecule has 3 aromatic rings. The predicted molar refractivity (Wildman–Crippen MR) is 154 cm³/mol. The summed E-state index contributed by atoms with van der Waals surface area (Å²) in [5.41, 5.74) is 3.90. The van der Waals surface area contributed by atoms with E-state index in [2.05, 4.69) is 41.5 Å².